The van der Waals surface area contributed by atoms with E-state index in [1.165, 1.54) is 22.3 Å². The summed E-state index contributed by atoms with van der Waals surface area (Å²) in [5, 5.41) is 2.89. The Kier molecular flexibility index (Phi) is 6.45. The van der Waals surface area contributed by atoms with Gasteiger partial charge in [-0.1, -0.05) is 39.2 Å². The Morgan fingerprint density at radius 2 is 1.70 bits per heavy atom. The van der Waals surface area contributed by atoms with Crippen molar-refractivity contribution in [2.45, 2.75) is 78.1 Å². The maximum absolute atomic E-state index is 12.4. The fraction of sp³-hybridized carbons (Fsp3) is 0.667. The van der Waals surface area contributed by atoms with Gasteiger partial charge in [0.15, 0.2) is 0 Å². The number of rotatable bonds is 8. The van der Waals surface area contributed by atoms with Gasteiger partial charge in [0.25, 0.3) is 0 Å². The van der Waals surface area contributed by atoms with Crippen LogP contribution in [0.1, 0.15) is 74.6 Å². The van der Waals surface area contributed by atoms with Gasteiger partial charge in [0.2, 0.25) is 10.0 Å². The first-order chi connectivity index (χ1) is 12.9. The minimum absolute atomic E-state index is 0.00367. The molecule has 0 saturated heterocycles. The maximum Gasteiger partial charge on any atom is 0.332 e. The molecule has 0 bridgehead atoms. The van der Waals surface area contributed by atoms with Crippen LogP contribution in [0.2, 0.25) is 0 Å². The molecule has 0 aliphatic heterocycles. The summed E-state index contributed by atoms with van der Waals surface area (Å²) < 4.78 is 26.8. The number of urea groups is 1. The van der Waals surface area contributed by atoms with Crippen molar-refractivity contribution in [3.05, 3.63) is 28.3 Å². The van der Waals surface area contributed by atoms with Crippen LogP contribution in [0.3, 0.4) is 0 Å². The number of carbonyl (C=O) groups excluding carboxylic acids is 1. The highest BCUT2D eigenvalue weighted by atomic mass is 32.2. The lowest BCUT2D eigenvalue weighted by atomic mass is 9.99. The van der Waals surface area contributed by atoms with Crippen LogP contribution in [-0.4, -0.2) is 20.2 Å². The van der Waals surface area contributed by atoms with E-state index < -0.39 is 16.1 Å². The normalized spacial score (nSPS) is 16.7. The molecule has 1 aromatic carbocycles. The average Bonchev–Trinajstić information content (AvgIpc) is 3.26. The summed E-state index contributed by atoms with van der Waals surface area (Å²) in [6, 6.07) is 1.67. The Bertz CT molecular complexity index is 770. The van der Waals surface area contributed by atoms with E-state index in [2.05, 4.69) is 30.0 Å². The van der Waals surface area contributed by atoms with Gasteiger partial charge in [-0.15, -0.1) is 0 Å². The Labute approximate surface area is 163 Å². The number of benzene rings is 1. The number of aryl methyl sites for hydroxylation is 2. The molecule has 0 spiro atoms. The van der Waals surface area contributed by atoms with E-state index in [0.717, 1.165) is 63.5 Å². The van der Waals surface area contributed by atoms with Crippen LogP contribution in [0.25, 0.3) is 0 Å². The van der Waals surface area contributed by atoms with E-state index in [4.69, 9.17) is 0 Å². The summed E-state index contributed by atoms with van der Waals surface area (Å²) >= 11 is 0. The Hall–Kier alpha value is -1.56. The summed E-state index contributed by atoms with van der Waals surface area (Å²) in [5.74, 6) is 0.348. The summed E-state index contributed by atoms with van der Waals surface area (Å²) in [5.41, 5.74) is 5.92. The second kappa shape index (κ2) is 8.63. The number of unbranched alkanes of at least 4 members (excludes halogenated alkanes) is 1. The van der Waals surface area contributed by atoms with Crippen molar-refractivity contribution in [2.24, 2.45) is 5.92 Å². The van der Waals surface area contributed by atoms with Gasteiger partial charge >= 0.3 is 6.03 Å². The van der Waals surface area contributed by atoms with Crippen molar-refractivity contribution < 1.29 is 13.2 Å². The van der Waals surface area contributed by atoms with Gasteiger partial charge in [-0.25, -0.2) is 17.9 Å². The minimum atomic E-state index is -3.61. The molecule has 27 heavy (non-hydrogen) atoms. The first-order valence-corrected chi connectivity index (χ1v) is 12.0. The quantitative estimate of drug-likeness (QED) is 0.691. The number of sulfonamides is 1. The van der Waals surface area contributed by atoms with Crippen LogP contribution in [0.5, 0.6) is 0 Å². The van der Waals surface area contributed by atoms with Gasteiger partial charge in [0, 0.05) is 5.69 Å². The molecule has 0 fully saturated rings. The molecule has 2 aliphatic rings. The third kappa shape index (κ3) is 5.03. The fourth-order valence-electron chi connectivity index (χ4n) is 4.35. The molecular formula is C21H32N2O3S. The summed E-state index contributed by atoms with van der Waals surface area (Å²) in [4.78, 5) is 12.4. The lowest BCUT2D eigenvalue weighted by Crippen LogP contribution is -2.36. The number of hydrogen-bond donors (Lipinski definition) is 2. The highest BCUT2D eigenvalue weighted by Crippen LogP contribution is 2.38. The Balaban J connectivity index is 1.63. The summed E-state index contributed by atoms with van der Waals surface area (Å²) in [6.45, 7) is 4.20. The third-order valence-electron chi connectivity index (χ3n) is 5.89. The zero-order valence-electron chi connectivity index (χ0n) is 16.6. The lowest BCUT2D eigenvalue weighted by Gasteiger charge is -2.17. The molecule has 0 heterocycles. The second-order valence-corrected chi connectivity index (χ2v) is 9.99. The number of carbonyl (C=O) groups is 1. The molecule has 0 saturated carbocycles. The zero-order valence-corrected chi connectivity index (χ0v) is 17.4. The number of nitrogens with one attached hydrogen (secondary N) is 2. The van der Waals surface area contributed by atoms with Gasteiger partial charge < -0.3 is 5.32 Å². The van der Waals surface area contributed by atoms with E-state index >= 15 is 0 Å². The average molecular weight is 393 g/mol. The van der Waals surface area contributed by atoms with E-state index in [0.29, 0.717) is 12.3 Å². The second-order valence-electron chi connectivity index (χ2n) is 8.15. The number of hydrogen-bond acceptors (Lipinski definition) is 3. The van der Waals surface area contributed by atoms with E-state index in [-0.39, 0.29) is 5.75 Å². The molecule has 2 aliphatic carbocycles. The molecule has 2 N–H and O–H groups in total. The topological polar surface area (TPSA) is 75.3 Å². The predicted octanol–water partition coefficient (Wildman–Crippen LogP) is 4.33. The van der Waals surface area contributed by atoms with Crippen molar-refractivity contribution >= 4 is 21.7 Å². The van der Waals surface area contributed by atoms with Crippen molar-refractivity contribution in [2.75, 3.05) is 11.1 Å². The molecule has 0 radical (unpaired) electrons. The van der Waals surface area contributed by atoms with Crippen LogP contribution in [-0.2, 0) is 35.7 Å². The maximum atomic E-state index is 12.4. The minimum Gasteiger partial charge on any atom is -0.307 e. The van der Waals surface area contributed by atoms with Crippen LogP contribution in [0, 0.1) is 5.92 Å². The Morgan fingerprint density at radius 1 is 1.07 bits per heavy atom. The van der Waals surface area contributed by atoms with Crippen LogP contribution >= 0.6 is 0 Å². The molecule has 1 atom stereocenters. The highest BCUT2D eigenvalue weighted by Gasteiger charge is 2.26. The van der Waals surface area contributed by atoms with E-state index in [1.54, 1.807) is 0 Å². The van der Waals surface area contributed by atoms with Crippen molar-refractivity contribution in [1.29, 1.82) is 0 Å². The number of anilines is 1. The standard InChI is InChI=1S/C21H32N2O3S/c1-3-4-7-15(2)12-13-27(25,26)23-21(24)22-20-18-10-5-8-16(18)14-17-9-6-11-19(17)20/h14-15H,3-13H2,1-2H3,(H2,22,23,24). The molecule has 5 nitrogen and oxygen atoms in total. The van der Waals surface area contributed by atoms with Crippen molar-refractivity contribution in [3.63, 3.8) is 0 Å². The fourth-order valence-corrected chi connectivity index (χ4v) is 5.50. The molecule has 6 heteroatoms. The molecule has 2 amide bonds. The summed E-state index contributed by atoms with van der Waals surface area (Å²) in [7, 11) is -3.61. The van der Waals surface area contributed by atoms with E-state index in [9.17, 15) is 13.2 Å². The molecule has 0 aromatic heterocycles. The highest BCUT2D eigenvalue weighted by molar-refractivity contribution is 7.90. The van der Waals surface area contributed by atoms with Gasteiger partial charge in [0.05, 0.1) is 5.75 Å². The lowest BCUT2D eigenvalue weighted by molar-refractivity contribution is 0.256. The van der Waals surface area contributed by atoms with Crippen LogP contribution in [0.15, 0.2) is 6.07 Å². The first kappa shape index (κ1) is 20.2. The monoisotopic (exact) mass is 392 g/mol. The van der Waals surface area contributed by atoms with Crippen LogP contribution in [0.4, 0.5) is 10.5 Å². The summed E-state index contributed by atoms with van der Waals surface area (Å²) in [6.07, 6.45) is 10.0. The van der Waals surface area contributed by atoms with Crippen molar-refractivity contribution in [1.82, 2.24) is 4.72 Å². The zero-order chi connectivity index (χ0) is 19.4. The third-order valence-corrected chi connectivity index (χ3v) is 7.16. The smallest absolute Gasteiger partial charge is 0.307 e. The van der Waals surface area contributed by atoms with Crippen molar-refractivity contribution in [3.8, 4) is 0 Å². The SMILES string of the molecule is CCCCC(C)CCS(=O)(=O)NC(=O)Nc1c2c(cc3c1CCC3)CCC2. The van der Waals surface area contributed by atoms with Gasteiger partial charge in [-0.2, -0.15) is 0 Å². The predicted molar refractivity (Wildman–Crippen MR) is 110 cm³/mol. The van der Waals surface area contributed by atoms with E-state index in [1.807, 2.05) is 0 Å². The molecule has 3 rings (SSSR count). The van der Waals surface area contributed by atoms with Gasteiger partial charge in [0.1, 0.15) is 0 Å². The molecule has 1 aromatic rings. The van der Waals surface area contributed by atoms with Gasteiger partial charge in [-0.3, -0.25) is 0 Å². The Morgan fingerprint density at radius 3 is 2.30 bits per heavy atom. The molecule has 150 valence electrons. The largest absolute Gasteiger partial charge is 0.332 e. The van der Waals surface area contributed by atoms with Gasteiger partial charge in [-0.05, 0) is 73.1 Å². The van der Waals surface area contributed by atoms with Crippen LogP contribution < -0.4 is 10.0 Å². The molecule has 1 unspecified atom stereocenters. The molecular weight excluding hydrogens is 360 g/mol. The number of amides is 2. The first-order valence-electron chi connectivity index (χ1n) is 10.4. The number of fused-ring (bicyclic) bond motifs is 2.